The largest absolute Gasteiger partial charge is 0.393 e. The molecule has 0 aromatic rings. The van der Waals surface area contributed by atoms with Crippen LogP contribution in [0.25, 0.3) is 0 Å². The lowest BCUT2D eigenvalue weighted by Gasteiger charge is -2.63. The molecule has 0 aromatic carbocycles. The van der Waals surface area contributed by atoms with E-state index in [4.69, 9.17) is 0 Å². The summed E-state index contributed by atoms with van der Waals surface area (Å²) in [5, 5.41) is 21.7. The fraction of sp³-hybridized carbons (Fsp3) is 0.963. The van der Waals surface area contributed by atoms with Crippen LogP contribution in [0, 0.1) is 46.3 Å². The van der Waals surface area contributed by atoms with Crippen molar-refractivity contribution in [1.29, 1.82) is 0 Å². The minimum atomic E-state index is -1.30. The number of rotatable bonds is 5. The Morgan fingerprint density at radius 1 is 1.00 bits per heavy atom. The minimum Gasteiger partial charge on any atom is -0.393 e. The van der Waals surface area contributed by atoms with E-state index in [1.165, 1.54) is 38.5 Å². The first-order valence-electron chi connectivity index (χ1n) is 13.0. The van der Waals surface area contributed by atoms with E-state index in [0.29, 0.717) is 29.6 Å². The summed E-state index contributed by atoms with van der Waals surface area (Å²) in [4.78, 5) is 13.3. The van der Waals surface area contributed by atoms with Gasteiger partial charge < -0.3 is 10.2 Å². The molecule has 4 aliphatic carbocycles. The first-order valence-corrected chi connectivity index (χ1v) is 13.0. The van der Waals surface area contributed by atoms with Gasteiger partial charge in [-0.1, -0.05) is 53.9 Å². The van der Waals surface area contributed by atoms with Crippen LogP contribution in [0.3, 0.4) is 0 Å². The maximum atomic E-state index is 13.3. The summed E-state index contributed by atoms with van der Waals surface area (Å²) in [7, 11) is 0. The fourth-order valence-electron chi connectivity index (χ4n) is 9.04. The number of carbonyl (C=O) groups excluding carboxylic acids is 1. The maximum absolute atomic E-state index is 13.3. The molecule has 30 heavy (non-hydrogen) atoms. The monoisotopic (exact) mass is 418 g/mol. The smallest absolute Gasteiger partial charge is 0.165 e. The molecule has 0 saturated heterocycles. The SMILES string of the molecule is CC(C)CCCC(C)C1CCC2C3CC(=O)[C@@]4(O)C[C@@H](O)CC[C@]4(C)C3CC[C@]12C. The summed E-state index contributed by atoms with van der Waals surface area (Å²) in [6.45, 7) is 11.9. The number of Topliss-reactive ketones (excluding diaryl/α,β-unsaturated/α-hetero) is 1. The van der Waals surface area contributed by atoms with Crippen LogP contribution in [-0.2, 0) is 4.79 Å². The summed E-state index contributed by atoms with van der Waals surface area (Å²) >= 11 is 0. The molecule has 0 heterocycles. The van der Waals surface area contributed by atoms with Gasteiger partial charge >= 0.3 is 0 Å². The van der Waals surface area contributed by atoms with Gasteiger partial charge in [-0.25, -0.2) is 0 Å². The molecule has 0 aliphatic heterocycles. The van der Waals surface area contributed by atoms with Crippen LogP contribution in [0.4, 0.5) is 0 Å². The summed E-state index contributed by atoms with van der Waals surface area (Å²) in [5.74, 6) is 3.87. The molecule has 5 unspecified atom stereocenters. The zero-order valence-electron chi connectivity index (χ0n) is 20.1. The Morgan fingerprint density at radius 2 is 1.73 bits per heavy atom. The van der Waals surface area contributed by atoms with Crippen LogP contribution in [0.15, 0.2) is 0 Å². The Bertz CT molecular complexity index is 658. The van der Waals surface area contributed by atoms with Crippen molar-refractivity contribution in [2.24, 2.45) is 46.3 Å². The summed E-state index contributed by atoms with van der Waals surface area (Å²) < 4.78 is 0. The van der Waals surface area contributed by atoms with Gasteiger partial charge in [0, 0.05) is 18.3 Å². The van der Waals surface area contributed by atoms with Crippen LogP contribution in [-0.4, -0.2) is 27.7 Å². The highest BCUT2D eigenvalue weighted by molar-refractivity contribution is 5.89. The first kappa shape index (κ1) is 22.8. The van der Waals surface area contributed by atoms with Crippen LogP contribution in [0.1, 0.15) is 105 Å². The van der Waals surface area contributed by atoms with Crippen molar-refractivity contribution in [1.82, 2.24) is 0 Å². The number of ketones is 1. The second-order valence-electron chi connectivity index (χ2n) is 12.7. The number of fused-ring (bicyclic) bond motifs is 5. The van der Waals surface area contributed by atoms with Crippen molar-refractivity contribution >= 4 is 5.78 Å². The van der Waals surface area contributed by atoms with E-state index in [-0.39, 0.29) is 17.6 Å². The van der Waals surface area contributed by atoms with Crippen molar-refractivity contribution in [3.8, 4) is 0 Å². The van der Waals surface area contributed by atoms with E-state index >= 15 is 0 Å². The number of aliphatic hydroxyl groups excluding tert-OH is 1. The molecule has 0 aromatic heterocycles. The van der Waals surface area contributed by atoms with E-state index in [1.807, 2.05) is 0 Å². The van der Waals surface area contributed by atoms with Crippen molar-refractivity contribution in [3.05, 3.63) is 0 Å². The van der Waals surface area contributed by atoms with Gasteiger partial charge in [-0.15, -0.1) is 0 Å². The van der Waals surface area contributed by atoms with E-state index in [9.17, 15) is 15.0 Å². The Morgan fingerprint density at radius 3 is 2.43 bits per heavy atom. The lowest BCUT2D eigenvalue weighted by atomic mass is 9.42. The second-order valence-corrected chi connectivity index (χ2v) is 12.7. The number of carbonyl (C=O) groups is 1. The number of hydrogen-bond acceptors (Lipinski definition) is 3. The summed E-state index contributed by atoms with van der Waals surface area (Å²) in [5.41, 5.74) is -1.30. The van der Waals surface area contributed by atoms with Gasteiger partial charge in [-0.05, 0) is 79.4 Å². The third kappa shape index (κ3) is 3.33. The molecule has 3 heteroatoms. The standard InChI is InChI=1S/C27H46O3/c1-17(2)7-6-8-18(3)21-9-10-22-20-15-24(29)27(30)16-19(28)11-14-26(27,5)23(20)12-13-25(21,22)4/h17-23,28,30H,6-16H2,1-5H3/t18?,19-,20?,21?,22?,23?,25+,26+,27-/m0/s1. The van der Waals surface area contributed by atoms with Crippen molar-refractivity contribution in [3.63, 3.8) is 0 Å². The molecule has 0 radical (unpaired) electrons. The molecule has 4 aliphatic rings. The molecule has 0 amide bonds. The molecule has 4 saturated carbocycles. The average molecular weight is 419 g/mol. The molecule has 172 valence electrons. The lowest BCUT2D eigenvalue weighted by molar-refractivity contribution is -0.213. The van der Waals surface area contributed by atoms with Gasteiger partial charge in [0.1, 0.15) is 5.60 Å². The highest BCUT2D eigenvalue weighted by atomic mass is 16.3. The average Bonchev–Trinajstić information content (AvgIpc) is 3.01. The predicted molar refractivity (Wildman–Crippen MR) is 121 cm³/mol. The molecule has 0 spiro atoms. The Balaban J connectivity index is 1.54. The molecule has 2 N–H and O–H groups in total. The highest BCUT2D eigenvalue weighted by Gasteiger charge is 2.67. The number of aliphatic hydroxyl groups is 2. The van der Waals surface area contributed by atoms with Crippen LogP contribution < -0.4 is 0 Å². The summed E-state index contributed by atoms with van der Waals surface area (Å²) in [6, 6.07) is 0. The predicted octanol–water partition coefficient (Wildman–Crippen LogP) is 5.76. The normalized spacial score (nSPS) is 49.5. The zero-order chi connectivity index (χ0) is 21.9. The van der Waals surface area contributed by atoms with Crippen molar-refractivity contribution in [2.75, 3.05) is 0 Å². The van der Waals surface area contributed by atoms with Gasteiger partial charge in [0.05, 0.1) is 6.10 Å². The Kier molecular flexibility index (Phi) is 5.97. The summed E-state index contributed by atoms with van der Waals surface area (Å²) in [6.07, 6.45) is 10.8. The van der Waals surface area contributed by atoms with Crippen LogP contribution >= 0.6 is 0 Å². The van der Waals surface area contributed by atoms with E-state index in [1.54, 1.807) is 0 Å². The van der Waals surface area contributed by atoms with Gasteiger partial charge in [0.15, 0.2) is 5.78 Å². The molecule has 0 bridgehead atoms. The highest BCUT2D eigenvalue weighted by Crippen LogP contribution is 2.68. The van der Waals surface area contributed by atoms with Crippen LogP contribution in [0.5, 0.6) is 0 Å². The van der Waals surface area contributed by atoms with Gasteiger partial charge in [-0.2, -0.15) is 0 Å². The van der Waals surface area contributed by atoms with E-state index < -0.39 is 11.7 Å². The molecular weight excluding hydrogens is 372 g/mol. The molecule has 4 fully saturated rings. The third-order valence-electron chi connectivity index (χ3n) is 10.8. The third-order valence-corrected chi connectivity index (χ3v) is 10.8. The topological polar surface area (TPSA) is 57.5 Å². The molecule has 4 rings (SSSR count). The second kappa shape index (κ2) is 7.87. The molecule has 9 atom stereocenters. The van der Waals surface area contributed by atoms with E-state index in [2.05, 4.69) is 34.6 Å². The van der Waals surface area contributed by atoms with Crippen molar-refractivity contribution in [2.45, 2.75) is 117 Å². The van der Waals surface area contributed by atoms with Gasteiger partial charge in [-0.3, -0.25) is 4.79 Å². The quantitative estimate of drug-likeness (QED) is 0.596. The Hall–Kier alpha value is -0.410. The molecule has 3 nitrogen and oxygen atoms in total. The zero-order valence-corrected chi connectivity index (χ0v) is 20.1. The van der Waals surface area contributed by atoms with Gasteiger partial charge in [0.25, 0.3) is 0 Å². The maximum Gasteiger partial charge on any atom is 0.165 e. The lowest BCUT2D eigenvalue weighted by Crippen LogP contribution is -2.67. The minimum absolute atomic E-state index is 0.0303. The number of hydrogen-bond donors (Lipinski definition) is 2. The van der Waals surface area contributed by atoms with Crippen molar-refractivity contribution < 1.29 is 15.0 Å². The van der Waals surface area contributed by atoms with E-state index in [0.717, 1.165) is 37.0 Å². The van der Waals surface area contributed by atoms with Crippen LogP contribution in [0.2, 0.25) is 0 Å². The molecular formula is C27H46O3. The first-order chi connectivity index (χ1) is 14.0. The Labute approximate surface area is 184 Å². The fourth-order valence-corrected chi connectivity index (χ4v) is 9.04. The van der Waals surface area contributed by atoms with Gasteiger partial charge in [0.2, 0.25) is 0 Å².